The van der Waals surface area contributed by atoms with Crippen molar-refractivity contribution in [1.29, 1.82) is 0 Å². The van der Waals surface area contributed by atoms with Crippen LogP contribution in [0.1, 0.15) is 17.3 Å². The van der Waals surface area contributed by atoms with Gasteiger partial charge in [-0.25, -0.2) is 9.48 Å². The normalized spacial score (nSPS) is 14.8. The minimum atomic E-state index is -0.628. The summed E-state index contributed by atoms with van der Waals surface area (Å²) in [5, 5.41) is 8.63. The standard InChI is InChI=1S/C18H18Cl2N4O4/c1-12(22-28-18(26)13-2-4-14(19)5-3-13)11-24-16(25)10-15(17(20)21-24)23-6-8-27-9-7-23/h2-5,10H,6-9,11H2,1H3/b22-12-. The minimum Gasteiger partial charge on any atom is -0.378 e. The Hall–Kier alpha value is -2.42. The predicted octanol–water partition coefficient (Wildman–Crippen LogP) is 2.62. The quantitative estimate of drug-likeness (QED) is 0.416. The Morgan fingerprint density at radius 3 is 2.61 bits per heavy atom. The molecule has 1 fully saturated rings. The zero-order valence-corrected chi connectivity index (χ0v) is 16.6. The van der Waals surface area contributed by atoms with Crippen molar-refractivity contribution in [2.75, 3.05) is 31.2 Å². The summed E-state index contributed by atoms with van der Waals surface area (Å²) in [5.41, 5.74) is 0.945. The van der Waals surface area contributed by atoms with E-state index >= 15 is 0 Å². The average Bonchev–Trinajstić information content (AvgIpc) is 2.70. The maximum atomic E-state index is 12.4. The van der Waals surface area contributed by atoms with Crippen molar-refractivity contribution in [3.8, 4) is 0 Å². The molecule has 10 heteroatoms. The number of benzene rings is 1. The van der Waals surface area contributed by atoms with Crippen LogP contribution in [0.3, 0.4) is 0 Å². The first-order valence-electron chi connectivity index (χ1n) is 8.55. The first-order chi connectivity index (χ1) is 13.4. The summed E-state index contributed by atoms with van der Waals surface area (Å²) >= 11 is 12.0. The summed E-state index contributed by atoms with van der Waals surface area (Å²) in [6.07, 6.45) is 0. The van der Waals surface area contributed by atoms with Crippen molar-refractivity contribution >= 4 is 40.6 Å². The van der Waals surface area contributed by atoms with Gasteiger partial charge < -0.3 is 14.5 Å². The number of oxime groups is 1. The fourth-order valence-corrected chi connectivity index (χ4v) is 2.99. The molecule has 0 N–H and O–H groups in total. The van der Waals surface area contributed by atoms with Gasteiger partial charge in [0.15, 0.2) is 5.15 Å². The number of rotatable bonds is 5. The van der Waals surface area contributed by atoms with Gasteiger partial charge >= 0.3 is 5.97 Å². The predicted molar refractivity (Wildman–Crippen MR) is 107 cm³/mol. The van der Waals surface area contributed by atoms with E-state index in [-0.39, 0.29) is 17.3 Å². The Morgan fingerprint density at radius 1 is 1.25 bits per heavy atom. The van der Waals surface area contributed by atoms with Gasteiger partial charge in [0.25, 0.3) is 5.56 Å². The molecule has 1 aromatic heterocycles. The van der Waals surface area contributed by atoms with Crippen LogP contribution < -0.4 is 10.5 Å². The molecule has 1 saturated heterocycles. The number of carbonyl (C=O) groups is 1. The molecule has 1 aliphatic heterocycles. The molecule has 2 heterocycles. The van der Waals surface area contributed by atoms with E-state index in [9.17, 15) is 9.59 Å². The number of hydrogen-bond acceptors (Lipinski definition) is 7. The van der Waals surface area contributed by atoms with Crippen molar-refractivity contribution in [2.45, 2.75) is 13.5 Å². The van der Waals surface area contributed by atoms with E-state index in [0.717, 1.165) is 0 Å². The molecule has 148 valence electrons. The third-order valence-electron chi connectivity index (χ3n) is 4.03. The number of halogens is 2. The van der Waals surface area contributed by atoms with E-state index < -0.39 is 5.97 Å². The molecule has 0 unspecified atom stereocenters. The zero-order chi connectivity index (χ0) is 20.1. The van der Waals surface area contributed by atoms with Crippen molar-refractivity contribution < 1.29 is 14.4 Å². The van der Waals surface area contributed by atoms with Crippen molar-refractivity contribution in [1.82, 2.24) is 9.78 Å². The van der Waals surface area contributed by atoms with Crippen LogP contribution in [-0.2, 0) is 16.1 Å². The largest absolute Gasteiger partial charge is 0.378 e. The second-order valence-electron chi connectivity index (χ2n) is 6.13. The highest BCUT2D eigenvalue weighted by Crippen LogP contribution is 2.22. The van der Waals surface area contributed by atoms with Gasteiger partial charge in [0.2, 0.25) is 0 Å². The minimum absolute atomic E-state index is 0.0375. The van der Waals surface area contributed by atoms with Crippen molar-refractivity contribution in [2.24, 2.45) is 5.16 Å². The van der Waals surface area contributed by atoms with E-state index in [1.807, 2.05) is 4.90 Å². The number of carbonyl (C=O) groups excluding carboxylic acids is 1. The van der Waals surface area contributed by atoms with Gasteiger partial charge in [-0.3, -0.25) is 4.79 Å². The van der Waals surface area contributed by atoms with E-state index in [2.05, 4.69) is 10.3 Å². The molecular weight excluding hydrogens is 407 g/mol. The summed E-state index contributed by atoms with van der Waals surface area (Å²) in [6.45, 7) is 4.09. The maximum absolute atomic E-state index is 12.4. The first kappa shape index (κ1) is 20.3. The Morgan fingerprint density at radius 2 is 1.93 bits per heavy atom. The number of nitrogens with zero attached hydrogens (tertiary/aromatic N) is 4. The summed E-state index contributed by atoms with van der Waals surface area (Å²) in [5.74, 6) is -0.628. The molecule has 0 atom stereocenters. The van der Waals surface area contributed by atoms with E-state index in [1.165, 1.54) is 22.9 Å². The Balaban J connectivity index is 1.67. The SMILES string of the molecule is C/C(Cn1nc(Cl)c(N2CCOCC2)cc1=O)=N/OC(=O)c1ccc(Cl)cc1. The van der Waals surface area contributed by atoms with Crippen LogP contribution in [0.5, 0.6) is 0 Å². The van der Waals surface area contributed by atoms with Crippen LogP contribution in [0.25, 0.3) is 0 Å². The molecule has 0 spiro atoms. The number of hydrogen-bond donors (Lipinski definition) is 0. The molecule has 0 aliphatic carbocycles. The molecule has 0 radical (unpaired) electrons. The van der Waals surface area contributed by atoms with E-state index in [4.69, 9.17) is 32.8 Å². The maximum Gasteiger partial charge on any atom is 0.365 e. The van der Waals surface area contributed by atoms with Gasteiger partial charge in [0, 0.05) is 24.2 Å². The van der Waals surface area contributed by atoms with Crippen LogP contribution in [0.15, 0.2) is 40.3 Å². The second kappa shape index (κ2) is 9.18. The monoisotopic (exact) mass is 424 g/mol. The second-order valence-corrected chi connectivity index (χ2v) is 6.92. The molecule has 3 rings (SSSR count). The van der Waals surface area contributed by atoms with Gasteiger partial charge in [0.1, 0.15) is 0 Å². The highest BCUT2D eigenvalue weighted by Gasteiger charge is 2.17. The van der Waals surface area contributed by atoms with Crippen molar-refractivity contribution in [3.63, 3.8) is 0 Å². The molecule has 0 bridgehead atoms. The summed E-state index contributed by atoms with van der Waals surface area (Å²) < 4.78 is 6.47. The van der Waals surface area contributed by atoms with Gasteiger partial charge in [-0.05, 0) is 31.2 Å². The van der Waals surface area contributed by atoms with Crippen LogP contribution in [0.4, 0.5) is 5.69 Å². The molecule has 2 aromatic rings. The summed E-state index contributed by atoms with van der Waals surface area (Å²) in [4.78, 5) is 31.2. The van der Waals surface area contributed by atoms with Gasteiger partial charge in [-0.15, -0.1) is 0 Å². The number of morpholine rings is 1. The lowest BCUT2D eigenvalue weighted by Crippen LogP contribution is -2.38. The van der Waals surface area contributed by atoms with Crippen LogP contribution in [0.2, 0.25) is 10.2 Å². The third kappa shape index (κ3) is 5.09. The highest BCUT2D eigenvalue weighted by molar-refractivity contribution is 6.32. The van der Waals surface area contributed by atoms with E-state index in [1.54, 1.807) is 19.1 Å². The topological polar surface area (TPSA) is 86.0 Å². The number of aromatic nitrogens is 2. The Labute approximate surface area is 171 Å². The molecule has 1 aromatic carbocycles. The van der Waals surface area contributed by atoms with Crippen LogP contribution in [0, 0.1) is 0 Å². The van der Waals surface area contributed by atoms with Crippen LogP contribution in [-0.4, -0.2) is 47.8 Å². The zero-order valence-electron chi connectivity index (χ0n) is 15.1. The third-order valence-corrected chi connectivity index (χ3v) is 4.55. The lowest BCUT2D eigenvalue weighted by Gasteiger charge is -2.29. The van der Waals surface area contributed by atoms with Crippen LogP contribution >= 0.6 is 23.2 Å². The first-order valence-corrected chi connectivity index (χ1v) is 9.30. The van der Waals surface area contributed by atoms with Gasteiger partial charge in [0.05, 0.1) is 36.7 Å². The summed E-state index contributed by atoms with van der Waals surface area (Å²) in [6, 6.07) is 7.66. The Kier molecular flexibility index (Phi) is 6.66. The summed E-state index contributed by atoms with van der Waals surface area (Å²) in [7, 11) is 0. The molecule has 28 heavy (non-hydrogen) atoms. The lowest BCUT2D eigenvalue weighted by atomic mass is 10.2. The molecule has 8 nitrogen and oxygen atoms in total. The highest BCUT2D eigenvalue weighted by atomic mass is 35.5. The average molecular weight is 425 g/mol. The van der Waals surface area contributed by atoms with Crippen molar-refractivity contribution in [3.05, 3.63) is 56.4 Å². The van der Waals surface area contributed by atoms with Gasteiger partial charge in [-0.1, -0.05) is 28.4 Å². The molecular formula is C18H18Cl2N4O4. The van der Waals surface area contributed by atoms with Gasteiger partial charge in [-0.2, -0.15) is 5.10 Å². The van der Waals surface area contributed by atoms with E-state index in [0.29, 0.717) is 48.3 Å². The molecule has 0 amide bonds. The number of anilines is 1. The molecule has 0 saturated carbocycles. The fourth-order valence-electron chi connectivity index (χ4n) is 2.60. The molecule has 1 aliphatic rings. The number of ether oxygens (including phenoxy) is 1. The smallest absolute Gasteiger partial charge is 0.365 e. The lowest BCUT2D eigenvalue weighted by molar-refractivity contribution is 0.0514. The fraction of sp³-hybridized carbons (Fsp3) is 0.333. The Bertz CT molecular complexity index is 938.